The lowest BCUT2D eigenvalue weighted by Gasteiger charge is -2.25. The van der Waals surface area contributed by atoms with E-state index >= 15 is 0 Å². The SMILES string of the molecule is CS(=O)(=O)c1ccc(Cl)c(NC(=O)Cc2ccc(S(=O)(=O)N3CCCCC3)s2)c1. The van der Waals surface area contributed by atoms with E-state index in [2.05, 4.69) is 5.32 Å². The summed E-state index contributed by atoms with van der Waals surface area (Å²) in [6, 6.07) is 7.21. The van der Waals surface area contributed by atoms with Crippen LogP contribution in [0.3, 0.4) is 0 Å². The molecule has 11 heteroatoms. The molecule has 1 amide bonds. The van der Waals surface area contributed by atoms with E-state index in [4.69, 9.17) is 11.6 Å². The Balaban J connectivity index is 1.71. The van der Waals surface area contributed by atoms with Gasteiger partial charge in [-0.15, -0.1) is 11.3 Å². The van der Waals surface area contributed by atoms with Crippen molar-refractivity contribution < 1.29 is 21.6 Å². The highest BCUT2D eigenvalue weighted by atomic mass is 35.5. The van der Waals surface area contributed by atoms with Gasteiger partial charge in [0.15, 0.2) is 9.84 Å². The molecule has 0 spiro atoms. The second-order valence-electron chi connectivity index (χ2n) is 6.82. The van der Waals surface area contributed by atoms with Crippen LogP contribution in [0.5, 0.6) is 0 Å². The Morgan fingerprint density at radius 1 is 1.10 bits per heavy atom. The first-order valence-electron chi connectivity index (χ1n) is 8.96. The largest absolute Gasteiger partial charge is 0.324 e. The second-order valence-corrected chi connectivity index (χ2v) is 12.6. The smallest absolute Gasteiger partial charge is 0.252 e. The number of halogens is 1. The molecule has 0 aliphatic carbocycles. The summed E-state index contributed by atoms with van der Waals surface area (Å²) in [5.41, 5.74) is 0.192. The molecule has 3 rings (SSSR count). The molecule has 2 heterocycles. The fourth-order valence-electron chi connectivity index (χ4n) is 3.01. The van der Waals surface area contributed by atoms with Crippen LogP contribution < -0.4 is 5.32 Å². The molecule has 0 saturated carbocycles. The van der Waals surface area contributed by atoms with Crippen molar-refractivity contribution in [2.75, 3.05) is 24.7 Å². The second kappa shape index (κ2) is 8.73. The molecule has 7 nitrogen and oxygen atoms in total. The number of benzene rings is 1. The number of carbonyl (C=O) groups excluding carboxylic acids is 1. The highest BCUT2D eigenvalue weighted by Crippen LogP contribution is 2.29. The van der Waals surface area contributed by atoms with E-state index in [1.165, 1.54) is 28.6 Å². The Kier molecular flexibility index (Phi) is 6.69. The number of sulfone groups is 1. The maximum Gasteiger partial charge on any atom is 0.252 e. The molecule has 1 fully saturated rings. The van der Waals surface area contributed by atoms with Gasteiger partial charge in [-0.05, 0) is 43.2 Å². The van der Waals surface area contributed by atoms with Crippen LogP contribution in [0.25, 0.3) is 0 Å². The Morgan fingerprint density at radius 3 is 2.45 bits per heavy atom. The van der Waals surface area contributed by atoms with E-state index < -0.39 is 25.8 Å². The summed E-state index contributed by atoms with van der Waals surface area (Å²) in [4.78, 5) is 13.0. The normalized spacial score (nSPS) is 15.9. The number of amides is 1. The van der Waals surface area contributed by atoms with Gasteiger partial charge in [-0.1, -0.05) is 18.0 Å². The average molecular weight is 477 g/mol. The van der Waals surface area contributed by atoms with Crippen molar-refractivity contribution >= 4 is 54.4 Å². The summed E-state index contributed by atoms with van der Waals surface area (Å²) in [6.07, 6.45) is 3.77. The summed E-state index contributed by atoms with van der Waals surface area (Å²) in [5, 5.41) is 2.81. The number of piperidine rings is 1. The Morgan fingerprint density at radius 2 is 1.79 bits per heavy atom. The molecule has 0 bridgehead atoms. The zero-order valence-electron chi connectivity index (χ0n) is 15.7. The van der Waals surface area contributed by atoms with E-state index in [1.54, 1.807) is 6.07 Å². The number of hydrogen-bond acceptors (Lipinski definition) is 6. The minimum Gasteiger partial charge on any atom is -0.324 e. The van der Waals surface area contributed by atoms with Crippen LogP contribution in [0.2, 0.25) is 5.02 Å². The maximum absolute atomic E-state index is 12.7. The number of sulfonamides is 1. The third-order valence-electron chi connectivity index (χ3n) is 4.52. The van der Waals surface area contributed by atoms with Gasteiger partial charge in [-0.25, -0.2) is 16.8 Å². The number of nitrogens with zero attached hydrogens (tertiary/aromatic N) is 1. The Labute approximate surface area is 179 Å². The Bertz CT molecular complexity index is 1120. The molecule has 0 radical (unpaired) electrons. The van der Waals surface area contributed by atoms with E-state index in [0.717, 1.165) is 36.9 Å². The number of anilines is 1. The molecule has 1 aliphatic heterocycles. The quantitative estimate of drug-likeness (QED) is 0.690. The van der Waals surface area contributed by atoms with Crippen molar-refractivity contribution in [3.8, 4) is 0 Å². The van der Waals surface area contributed by atoms with E-state index in [0.29, 0.717) is 18.0 Å². The van der Waals surface area contributed by atoms with E-state index in [-0.39, 0.29) is 26.2 Å². The molecule has 1 aromatic carbocycles. The highest BCUT2D eigenvalue weighted by Gasteiger charge is 2.27. The first-order chi connectivity index (χ1) is 13.6. The van der Waals surface area contributed by atoms with Gasteiger partial charge in [0.1, 0.15) is 4.21 Å². The lowest BCUT2D eigenvalue weighted by molar-refractivity contribution is -0.115. The molecular weight excluding hydrogens is 456 g/mol. The minimum absolute atomic E-state index is 0.0420. The minimum atomic E-state index is -3.53. The third kappa shape index (κ3) is 5.37. The van der Waals surface area contributed by atoms with Crippen LogP contribution in [-0.2, 0) is 31.1 Å². The molecule has 0 unspecified atom stereocenters. The molecular formula is C18H21ClN2O5S3. The zero-order chi connectivity index (χ0) is 21.2. The summed E-state index contributed by atoms with van der Waals surface area (Å²) in [6.45, 7) is 1.04. The van der Waals surface area contributed by atoms with Crippen LogP contribution in [-0.4, -0.2) is 46.4 Å². The monoisotopic (exact) mass is 476 g/mol. The number of carbonyl (C=O) groups is 1. The van der Waals surface area contributed by atoms with Gasteiger partial charge < -0.3 is 5.32 Å². The lowest BCUT2D eigenvalue weighted by atomic mass is 10.2. The van der Waals surface area contributed by atoms with Crippen LogP contribution in [0.15, 0.2) is 39.4 Å². The highest BCUT2D eigenvalue weighted by molar-refractivity contribution is 7.91. The van der Waals surface area contributed by atoms with E-state index in [1.807, 2.05) is 0 Å². The number of thiophene rings is 1. The molecule has 1 N–H and O–H groups in total. The van der Waals surface area contributed by atoms with Gasteiger partial charge in [-0.3, -0.25) is 4.79 Å². The predicted molar refractivity (Wildman–Crippen MR) is 114 cm³/mol. The molecule has 158 valence electrons. The molecule has 1 aliphatic rings. The topological polar surface area (TPSA) is 101 Å². The first kappa shape index (κ1) is 22.2. The Hall–Kier alpha value is -1.46. The van der Waals surface area contributed by atoms with Crippen LogP contribution in [0.4, 0.5) is 5.69 Å². The van der Waals surface area contributed by atoms with Crippen molar-refractivity contribution in [3.05, 3.63) is 40.2 Å². The predicted octanol–water partition coefficient (Wildman–Crippen LogP) is 3.16. The lowest BCUT2D eigenvalue weighted by Crippen LogP contribution is -2.35. The summed E-state index contributed by atoms with van der Waals surface area (Å²) in [7, 11) is -6.97. The van der Waals surface area contributed by atoms with Crippen molar-refractivity contribution in [2.24, 2.45) is 0 Å². The van der Waals surface area contributed by atoms with Crippen LogP contribution in [0, 0.1) is 0 Å². The maximum atomic E-state index is 12.7. The summed E-state index contributed by atoms with van der Waals surface area (Å²) in [5.74, 6) is -0.415. The van der Waals surface area contributed by atoms with Gasteiger partial charge in [0, 0.05) is 24.2 Å². The van der Waals surface area contributed by atoms with Crippen molar-refractivity contribution in [2.45, 2.75) is 34.8 Å². The molecule has 29 heavy (non-hydrogen) atoms. The standard InChI is InChI=1S/C18H21ClN2O5S3/c1-28(23,24)14-6-7-15(19)16(12-14)20-17(22)11-13-5-8-18(27-13)29(25,26)21-9-3-2-4-10-21/h5-8,12H,2-4,9-11H2,1H3,(H,20,22). The number of rotatable bonds is 6. The van der Waals surface area contributed by atoms with Crippen LogP contribution >= 0.6 is 22.9 Å². The summed E-state index contributed by atoms with van der Waals surface area (Å²) < 4.78 is 50.5. The fourth-order valence-corrected chi connectivity index (χ4v) is 6.85. The molecule has 0 atom stereocenters. The number of nitrogens with one attached hydrogen (secondary N) is 1. The molecule has 2 aromatic rings. The van der Waals surface area contributed by atoms with Crippen LogP contribution in [0.1, 0.15) is 24.1 Å². The van der Waals surface area contributed by atoms with Crippen molar-refractivity contribution in [1.29, 1.82) is 0 Å². The molecule has 1 saturated heterocycles. The van der Waals surface area contributed by atoms with Gasteiger partial charge in [0.05, 0.1) is 22.0 Å². The fraction of sp³-hybridized carbons (Fsp3) is 0.389. The average Bonchev–Trinajstić information content (AvgIpc) is 3.12. The zero-order valence-corrected chi connectivity index (χ0v) is 18.9. The van der Waals surface area contributed by atoms with Gasteiger partial charge in [-0.2, -0.15) is 4.31 Å². The molecule has 1 aromatic heterocycles. The summed E-state index contributed by atoms with van der Waals surface area (Å²) >= 11 is 7.12. The third-order valence-corrected chi connectivity index (χ3v) is 9.41. The van der Waals surface area contributed by atoms with Crippen molar-refractivity contribution in [1.82, 2.24) is 4.31 Å². The number of hydrogen-bond donors (Lipinski definition) is 1. The van der Waals surface area contributed by atoms with Gasteiger partial charge >= 0.3 is 0 Å². The van der Waals surface area contributed by atoms with Gasteiger partial charge in [0.2, 0.25) is 5.91 Å². The first-order valence-corrected chi connectivity index (χ1v) is 13.5. The van der Waals surface area contributed by atoms with Gasteiger partial charge in [0.25, 0.3) is 10.0 Å². The van der Waals surface area contributed by atoms with E-state index in [9.17, 15) is 21.6 Å². The van der Waals surface area contributed by atoms with Crippen molar-refractivity contribution in [3.63, 3.8) is 0 Å².